The van der Waals surface area contributed by atoms with Gasteiger partial charge in [-0.15, -0.1) is 0 Å². The van der Waals surface area contributed by atoms with Gasteiger partial charge in [0.15, 0.2) is 5.69 Å². The van der Waals surface area contributed by atoms with E-state index in [9.17, 15) is 9.59 Å². The lowest BCUT2D eigenvalue weighted by atomic mass is 10.1. The molecule has 0 unspecified atom stereocenters. The van der Waals surface area contributed by atoms with E-state index in [1.165, 1.54) is 4.57 Å². The van der Waals surface area contributed by atoms with E-state index in [2.05, 4.69) is 15.9 Å². The van der Waals surface area contributed by atoms with E-state index in [1.807, 2.05) is 6.92 Å². The third-order valence-corrected chi connectivity index (χ3v) is 4.19. The zero-order valence-corrected chi connectivity index (χ0v) is 16.0. The van der Waals surface area contributed by atoms with Crippen molar-refractivity contribution in [1.29, 1.82) is 0 Å². The normalized spacial score (nSPS) is 11.6. The van der Waals surface area contributed by atoms with Crippen molar-refractivity contribution in [2.75, 3.05) is 12.3 Å². The summed E-state index contributed by atoms with van der Waals surface area (Å²) in [5.74, 6) is -0.661. The molecule has 0 aliphatic rings. The minimum atomic E-state index is -0.710. The van der Waals surface area contributed by atoms with E-state index in [0.29, 0.717) is 10.9 Å². The third kappa shape index (κ3) is 3.40. The van der Waals surface area contributed by atoms with Crippen LogP contribution < -0.4 is 5.73 Å². The van der Waals surface area contributed by atoms with Crippen LogP contribution in [0.4, 0.5) is 10.5 Å². The number of halogens is 1. The lowest BCUT2D eigenvalue weighted by molar-refractivity contribution is 0.0455. The number of rotatable bonds is 2. The van der Waals surface area contributed by atoms with E-state index < -0.39 is 17.7 Å². The number of ether oxygens (including phenoxy) is 2. The molecule has 1 aromatic carbocycles. The van der Waals surface area contributed by atoms with Crippen LogP contribution in [-0.4, -0.2) is 28.8 Å². The van der Waals surface area contributed by atoms with Gasteiger partial charge in [-0.1, -0.05) is 15.9 Å². The second-order valence-corrected chi connectivity index (χ2v) is 7.27. The van der Waals surface area contributed by atoms with Gasteiger partial charge in [0, 0.05) is 9.86 Å². The Hall–Kier alpha value is -2.02. The van der Waals surface area contributed by atoms with Crippen molar-refractivity contribution in [3.05, 3.63) is 27.9 Å². The number of benzene rings is 1. The SMILES string of the molecule is CCOC(=O)c1c(N)c2cc(Br)c(C)cc2n1C(=O)OC(C)(C)C. The lowest BCUT2D eigenvalue weighted by Crippen LogP contribution is -2.29. The molecule has 0 bridgehead atoms. The molecule has 2 aromatic rings. The lowest BCUT2D eigenvalue weighted by Gasteiger charge is -2.20. The Bertz CT molecular complexity index is 818. The van der Waals surface area contributed by atoms with Gasteiger partial charge in [0.25, 0.3) is 0 Å². The Labute approximate surface area is 149 Å². The van der Waals surface area contributed by atoms with Crippen molar-refractivity contribution in [2.24, 2.45) is 0 Å². The number of nitrogen functional groups attached to an aromatic ring is 1. The molecule has 130 valence electrons. The van der Waals surface area contributed by atoms with Crippen LogP contribution in [0.25, 0.3) is 10.9 Å². The monoisotopic (exact) mass is 396 g/mol. The molecule has 7 heteroatoms. The van der Waals surface area contributed by atoms with Crippen LogP contribution in [0.3, 0.4) is 0 Å². The van der Waals surface area contributed by atoms with Crippen molar-refractivity contribution in [1.82, 2.24) is 4.57 Å². The van der Waals surface area contributed by atoms with Crippen molar-refractivity contribution >= 4 is 44.6 Å². The Morgan fingerprint density at radius 3 is 2.46 bits per heavy atom. The van der Waals surface area contributed by atoms with Crippen LogP contribution >= 0.6 is 15.9 Å². The molecule has 1 heterocycles. The number of carbonyl (C=O) groups excluding carboxylic acids is 2. The molecule has 0 aliphatic carbocycles. The maximum absolute atomic E-state index is 12.7. The van der Waals surface area contributed by atoms with Crippen LogP contribution in [0, 0.1) is 6.92 Å². The number of hydrogen-bond donors (Lipinski definition) is 1. The fourth-order valence-electron chi connectivity index (χ4n) is 2.33. The first-order valence-electron chi connectivity index (χ1n) is 7.57. The molecule has 0 saturated heterocycles. The molecule has 0 amide bonds. The number of anilines is 1. The predicted molar refractivity (Wildman–Crippen MR) is 96.4 cm³/mol. The number of esters is 1. The van der Waals surface area contributed by atoms with Crippen LogP contribution in [0.15, 0.2) is 16.6 Å². The van der Waals surface area contributed by atoms with Crippen LogP contribution in [-0.2, 0) is 9.47 Å². The van der Waals surface area contributed by atoms with Gasteiger partial charge >= 0.3 is 12.1 Å². The molecule has 24 heavy (non-hydrogen) atoms. The predicted octanol–water partition coefficient (Wildman–Crippen LogP) is 4.25. The summed E-state index contributed by atoms with van der Waals surface area (Å²) in [6, 6.07) is 3.56. The number of nitrogens with two attached hydrogens (primary N) is 1. The van der Waals surface area contributed by atoms with Crippen LogP contribution in [0.1, 0.15) is 43.7 Å². The molecule has 0 fully saturated rings. The average molecular weight is 397 g/mol. The molecule has 6 nitrogen and oxygen atoms in total. The highest BCUT2D eigenvalue weighted by molar-refractivity contribution is 9.10. The molecule has 1 aromatic heterocycles. The summed E-state index contributed by atoms with van der Waals surface area (Å²) in [4.78, 5) is 25.0. The quantitative estimate of drug-likeness (QED) is 0.766. The minimum Gasteiger partial charge on any atom is -0.461 e. The van der Waals surface area contributed by atoms with E-state index in [1.54, 1.807) is 39.8 Å². The van der Waals surface area contributed by atoms with E-state index in [0.717, 1.165) is 10.0 Å². The summed E-state index contributed by atoms with van der Waals surface area (Å²) in [6.07, 6.45) is -0.672. The smallest absolute Gasteiger partial charge is 0.419 e. The standard InChI is InChI=1S/C17H21BrN2O4/c1-6-23-15(21)14-13(19)10-8-11(18)9(2)7-12(10)20(14)16(22)24-17(3,4)5/h7-8H,6,19H2,1-5H3. The average Bonchev–Trinajstić information content (AvgIpc) is 2.71. The maximum Gasteiger partial charge on any atom is 0.419 e. The number of aromatic nitrogens is 1. The van der Waals surface area contributed by atoms with Crippen LogP contribution in [0.5, 0.6) is 0 Å². The molecular weight excluding hydrogens is 376 g/mol. The first-order valence-corrected chi connectivity index (χ1v) is 8.36. The number of hydrogen-bond acceptors (Lipinski definition) is 5. The van der Waals surface area contributed by atoms with Crippen LogP contribution in [0.2, 0.25) is 0 Å². The first kappa shape index (κ1) is 18.3. The molecule has 0 spiro atoms. The van der Waals surface area contributed by atoms with Crippen molar-refractivity contribution in [3.8, 4) is 0 Å². The van der Waals surface area contributed by atoms with Gasteiger partial charge in [0.05, 0.1) is 17.8 Å². The second kappa shape index (κ2) is 6.47. The molecule has 2 N–H and O–H groups in total. The zero-order valence-electron chi connectivity index (χ0n) is 14.4. The van der Waals surface area contributed by atoms with E-state index in [-0.39, 0.29) is 18.0 Å². The Morgan fingerprint density at radius 2 is 1.92 bits per heavy atom. The summed E-state index contributed by atoms with van der Waals surface area (Å²) in [5, 5.41) is 0.585. The third-order valence-electron chi connectivity index (χ3n) is 3.33. The minimum absolute atomic E-state index is 0.0152. The number of nitrogens with zero attached hydrogens (tertiary/aromatic N) is 1. The van der Waals surface area contributed by atoms with Gasteiger partial charge in [-0.2, -0.15) is 0 Å². The summed E-state index contributed by atoms with van der Waals surface area (Å²) in [7, 11) is 0. The Morgan fingerprint density at radius 1 is 1.29 bits per heavy atom. The van der Waals surface area contributed by atoms with Crippen molar-refractivity contribution in [3.63, 3.8) is 0 Å². The molecule has 2 rings (SSSR count). The molecular formula is C17H21BrN2O4. The second-order valence-electron chi connectivity index (χ2n) is 6.42. The number of fused-ring (bicyclic) bond motifs is 1. The number of carbonyl (C=O) groups is 2. The highest BCUT2D eigenvalue weighted by Gasteiger charge is 2.29. The first-order chi connectivity index (χ1) is 11.1. The fraction of sp³-hybridized carbons (Fsp3) is 0.412. The van der Waals surface area contributed by atoms with Gasteiger partial charge in [-0.25, -0.2) is 14.2 Å². The van der Waals surface area contributed by atoms with Crippen molar-refractivity contribution in [2.45, 2.75) is 40.2 Å². The largest absolute Gasteiger partial charge is 0.461 e. The Kier molecular flexibility index (Phi) is 4.94. The highest BCUT2D eigenvalue weighted by Crippen LogP contribution is 2.34. The number of aryl methyl sites for hydroxylation is 1. The van der Waals surface area contributed by atoms with Gasteiger partial charge in [-0.05, 0) is 52.3 Å². The summed E-state index contributed by atoms with van der Waals surface area (Å²) in [5.41, 5.74) is 7.01. The fourth-order valence-corrected chi connectivity index (χ4v) is 2.68. The van der Waals surface area contributed by atoms with Gasteiger partial charge < -0.3 is 15.2 Å². The van der Waals surface area contributed by atoms with Gasteiger partial charge in [-0.3, -0.25) is 0 Å². The Balaban J connectivity index is 2.77. The molecule has 0 aliphatic heterocycles. The van der Waals surface area contributed by atoms with Gasteiger partial charge in [0.2, 0.25) is 0 Å². The summed E-state index contributed by atoms with van der Waals surface area (Å²) < 4.78 is 12.5. The van der Waals surface area contributed by atoms with Gasteiger partial charge in [0.1, 0.15) is 5.60 Å². The van der Waals surface area contributed by atoms with E-state index in [4.69, 9.17) is 15.2 Å². The molecule has 0 atom stereocenters. The highest BCUT2D eigenvalue weighted by atomic mass is 79.9. The summed E-state index contributed by atoms with van der Waals surface area (Å²) in [6.45, 7) is 9.02. The summed E-state index contributed by atoms with van der Waals surface area (Å²) >= 11 is 3.44. The zero-order chi connectivity index (χ0) is 18.2. The van der Waals surface area contributed by atoms with E-state index >= 15 is 0 Å². The topological polar surface area (TPSA) is 83.5 Å². The maximum atomic E-state index is 12.7. The molecule has 0 radical (unpaired) electrons. The molecule has 0 saturated carbocycles. The van der Waals surface area contributed by atoms with Crippen molar-refractivity contribution < 1.29 is 19.1 Å².